The van der Waals surface area contributed by atoms with Crippen LogP contribution in [-0.4, -0.2) is 59.7 Å². The van der Waals surface area contributed by atoms with Crippen molar-refractivity contribution in [2.45, 2.75) is 38.1 Å². The second-order valence-corrected chi connectivity index (χ2v) is 7.10. The monoisotopic (exact) mass is 334 g/mol. The molecule has 0 saturated carbocycles. The summed E-state index contributed by atoms with van der Waals surface area (Å²) in [6, 6.07) is 0.322. The summed E-state index contributed by atoms with van der Waals surface area (Å²) in [6.45, 7) is 3.78. The van der Waals surface area contributed by atoms with Gasteiger partial charge in [0.05, 0.1) is 17.8 Å². The number of likely N-dealkylation sites (tertiary alicyclic amines) is 1. The van der Waals surface area contributed by atoms with Gasteiger partial charge in [0.2, 0.25) is 11.9 Å². The highest BCUT2D eigenvalue weighted by Crippen LogP contribution is 2.42. The number of hydrogen-bond donors (Lipinski definition) is 0. The van der Waals surface area contributed by atoms with Crippen molar-refractivity contribution < 1.29 is 13.9 Å². The van der Waals surface area contributed by atoms with Crippen molar-refractivity contribution in [1.82, 2.24) is 14.9 Å². The average molecular weight is 334 g/mol. The van der Waals surface area contributed by atoms with Gasteiger partial charge in [-0.1, -0.05) is 0 Å². The van der Waals surface area contributed by atoms with Crippen LogP contribution in [0.25, 0.3) is 0 Å². The number of hydrogen-bond acceptors (Lipinski definition) is 5. The number of carbonyl (C=O) groups is 1. The molecule has 1 amide bonds. The molecule has 0 bridgehead atoms. The molecule has 0 aliphatic carbocycles. The standard InChI is InChI=1S/C17H23FN4O2/c18-13-10-19-16(20-11-13)21-6-1-4-17(12-21)5-7-22(15(17)23)14-2-8-24-9-3-14/h10-11,14H,1-9,12H2/t17-/m0/s1. The second-order valence-electron chi connectivity index (χ2n) is 7.10. The topological polar surface area (TPSA) is 58.6 Å². The van der Waals surface area contributed by atoms with Gasteiger partial charge in [-0.25, -0.2) is 14.4 Å². The van der Waals surface area contributed by atoms with Crippen molar-refractivity contribution in [3.8, 4) is 0 Å². The highest BCUT2D eigenvalue weighted by atomic mass is 19.1. The number of ether oxygens (including phenoxy) is 1. The molecule has 6 nitrogen and oxygen atoms in total. The Labute approximate surface area is 141 Å². The van der Waals surface area contributed by atoms with Gasteiger partial charge in [-0.15, -0.1) is 0 Å². The van der Waals surface area contributed by atoms with E-state index in [0.717, 1.165) is 58.4 Å². The Morgan fingerprint density at radius 1 is 1.17 bits per heavy atom. The minimum atomic E-state index is -0.437. The maximum atomic E-state index is 13.2. The van der Waals surface area contributed by atoms with E-state index >= 15 is 0 Å². The van der Waals surface area contributed by atoms with Gasteiger partial charge in [0.15, 0.2) is 5.82 Å². The Kier molecular flexibility index (Phi) is 4.12. The number of anilines is 1. The third-order valence-electron chi connectivity index (χ3n) is 5.64. The van der Waals surface area contributed by atoms with E-state index in [4.69, 9.17) is 4.74 Å². The van der Waals surface area contributed by atoms with Crippen molar-refractivity contribution in [2.24, 2.45) is 5.41 Å². The van der Waals surface area contributed by atoms with Gasteiger partial charge in [0, 0.05) is 38.9 Å². The van der Waals surface area contributed by atoms with Crippen molar-refractivity contribution >= 4 is 11.9 Å². The van der Waals surface area contributed by atoms with Gasteiger partial charge in [-0.3, -0.25) is 4.79 Å². The molecular weight excluding hydrogens is 311 g/mol. The van der Waals surface area contributed by atoms with Crippen LogP contribution in [0, 0.1) is 11.2 Å². The fourth-order valence-electron chi connectivity index (χ4n) is 4.34. The van der Waals surface area contributed by atoms with Crippen LogP contribution < -0.4 is 4.90 Å². The predicted molar refractivity (Wildman–Crippen MR) is 86.0 cm³/mol. The molecule has 3 fully saturated rings. The zero-order valence-corrected chi connectivity index (χ0v) is 13.8. The normalized spacial score (nSPS) is 28.8. The molecule has 1 aromatic heterocycles. The summed E-state index contributed by atoms with van der Waals surface area (Å²) in [5, 5.41) is 0. The van der Waals surface area contributed by atoms with E-state index in [-0.39, 0.29) is 11.3 Å². The Balaban J connectivity index is 1.50. The first kappa shape index (κ1) is 15.7. The van der Waals surface area contributed by atoms with E-state index in [9.17, 15) is 9.18 Å². The highest BCUT2D eigenvalue weighted by Gasteiger charge is 2.50. The number of aromatic nitrogens is 2. The van der Waals surface area contributed by atoms with Crippen LogP contribution in [0.4, 0.5) is 10.3 Å². The van der Waals surface area contributed by atoms with E-state index in [1.807, 2.05) is 4.90 Å². The van der Waals surface area contributed by atoms with Gasteiger partial charge in [0.25, 0.3) is 0 Å². The molecule has 1 aromatic rings. The Morgan fingerprint density at radius 2 is 1.92 bits per heavy atom. The van der Waals surface area contributed by atoms with Crippen LogP contribution in [0.1, 0.15) is 32.1 Å². The SMILES string of the molecule is O=C1N(C2CCOCC2)CC[C@]12CCCN(c1ncc(F)cn1)C2. The lowest BCUT2D eigenvalue weighted by Crippen LogP contribution is -2.50. The number of nitrogens with zero attached hydrogens (tertiary/aromatic N) is 4. The molecule has 7 heteroatoms. The molecule has 3 saturated heterocycles. The summed E-state index contributed by atoms with van der Waals surface area (Å²) in [4.78, 5) is 25.5. The smallest absolute Gasteiger partial charge is 0.230 e. The summed E-state index contributed by atoms with van der Waals surface area (Å²) in [5.41, 5.74) is -0.325. The molecule has 130 valence electrons. The molecule has 1 atom stereocenters. The maximum absolute atomic E-state index is 13.2. The molecule has 0 radical (unpaired) electrons. The zero-order valence-electron chi connectivity index (χ0n) is 13.8. The number of carbonyl (C=O) groups excluding carboxylic acids is 1. The quantitative estimate of drug-likeness (QED) is 0.822. The van der Waals surface area contributed by atoms with Crippen molar-refractivity contribution in [2.75, 3.05) is 37.7 Å². The Hall–Kier alpha value is -1.76. The lowest BCUT2D eigenvalue weighted by molar-refractivity contribution is -0.139. The van der Waals surface area contributed by atoms with Gasteiger partial charge in [-0.05, 0) is 32.1 Å². The van der Waals surface area contributed by atoms with E-state index in [2.05, 4.69) is 14.9 Å². The first-order chi connectivity index (χ1) is 11.7. The third kappa shape index (κ3) is 2.75. The minimum absolute atomic E-state index is 0.279. The number of amides is 1. The zero-order chi connectivity index (χ0) is 16.6. The molecule has 0 N–H and O–H groups in total. The highest BCUT2D eigenvalue weighted by molar-refractivity contribution is 5.86. The molecule has 3 aliphatic rings. The van der Waals surface area contributed by atoms with Crippen molar-refractivity contribution in [3.63, 3.8) is 0 Å². The van der Waals surface area contributed by atoms with Gasteiger partial charge >= 0.3 is 0 Å². The predicted octanol–water partition coefficient (Wildman–Crippen LogP) is 1.61. The Bertz CT molecular complexity index is 605. The third-order valence-corrected chi connectivity index (χ3v) is 5.64. The van der Waals surface area contributed by atoms with Crippen LogP contribution in [0.2, 0.25) is 0 Å². The number of rotatable bonds is 2. The molecule has 1 spiro atoms. The number of piperidine rings is 1. The fourth-order valence-corrected chi connectivity index (χ4v) is 4.34. The summed E-state index contributed by atoms with van der Waals surface area (Å²) in [5.74, 6) is 0.363. The molecule has 4 rings (SSSR count). The molecule has 0 unspecified atom stereocenters. The van der Waals surface area contributed by atoms with Crippen LogP contribution in [-0.2, 0) is 9.53 Å². The van der Waals surface area contributed by atoms with E-state index < -0.39 is 5.82 Å². The van der Waals surface area contributed by atoms with Crippen molar-refractivity contribution in [3.05, 3.63) is 18.2 Å². The van der Waals surface area contributed by atoms with Crippen LogP contribution in [0.15, 0.2) is 12.4 Å². The first-order valence-corrected chi connectivity index (χ1v) is 8.79. The minimum Gasteiger partial charge on any atom is -0.381 e. The summed E-state index contributed by atoms with van der Waals surface area (Å²) in [7, 11) is 0. The van der Waals surface area contributed by atoms with E-state index in [1.54, 1.807) is 0 Å². The lowest BCUT2D eigenvalue weighted by Gasteiger charge is -2.40. The Morgan fingerprint density at radius 3 is 2.67 bits per heavy atom. The summed E-state index contributed by atoms with van der Waals surface area (Å²) in [6.07, 6.45) is 7.00. The largest absolute Gasteiger partial charge is 0.381 e. The van der Waals surface area contributed by atoms with Crippen LogP contribution in [0.5, 0.6) is 0 Å². The van der Waals surface area contributed by atoms with Crippen molar-refractivity contribution in [1.29, 1.82) is 0 Å². The summed E-state index contributed by atoms with van der Waals surface area (Å²) >= 11 is 0. The van der Waals surface area contributed by atoms with Gasteiger partial charge in [-0.2, -0.15) is 0 Å². The van der Waals surface area contributed by atoms with E-state index in [1.165, 1.54) is 12.4 Å². The number of halogens is 1. The summed E-state index contributed by atoms with van der Waals surface area (Å²) < 4.78 is 18.5. The van der Waals surface area contributed by atoms with Crippen LogP contribution >= 0.6 is 0 Å². The van der Waals surface area contributed by atoms with Gasteiger partial charge in [0.1, 0.15) is 0 Å². The average Bonchev–Trinajstić information content (AvgIpc) is 2.93. The van der Waals surface area contributed by atoms with E-state index in [0.29, 0.717) is 18.5 Å². The fraction of sp³-hybridized carbons (Fsp3) is 0.706. The molecular formula is C17H23FN4O2. The molecule has 24 heavy (non-hydrogen) atoms. The maximum Gasteiger partial charge on any atom is 0.230 e. The van der Waals surface area contributed by atoms with Crippen LogP contribution in [0.3, 0.4) is 0 Å². The lowest BCUT2D eigenvalue weighted by atomic mass is 9.78. The first-order valence-electron chi connectivity index (χ1n) is 8.79. The molecule has 4 heterocycles. The molecule has 3 aliphatic heterocycles. The second kappa shape index (κ2) is 6.27. The molecule has 0 aromatic carbocycles. The van der Waals surface area contributed by atoms with Gasteiger partial charge < -0.3 is 14.5 Å².